The molecule has 0 amide bonds. The van der Waals surface area contributed by atoms with Gasteiger partial charge in [0, 0.05) is 31.2 Å². The highest BCUT2D eigenvalue weighted by Crippen LogP contribution is 2.17. The zero-order valence-electron chi connectivity index (χ0n) is 13.5. The molecule has 0 aliphatic heterocycles. The van der Waals surface area contributed by atoms with E-state index in [1.165, 1.54) is 12.8 Å². The Morgan fingerprint density at radius 3 is 2.30 bits per heavy atom. The third-order valence-electron chi connectivity index (χ3n) is 4.18. The maximum atomic E-state index is 5.95. The van der Waals surface area contributed by atoms with E-state index < -0.39 is 0 Å². The number of halogens is 1. The minimum absolute atomic E-state index is 0.526. The third-order valence-corrected chi connectivity index (χ3v) is 4.34. The summed E-state index contributed by atoms with van der Waals surface area (Å²) in [6.45, 7) is 10.8. The molecule has 116 valence electrons. The average molecular weight is 300 g/mol. The lowest BCUT2D eigenvalue weighted by Gasteiger charge is -2.29. The predicted octanol–water partition coefficient (Wildman–Crippen LogP) is 4.47. The topological polar surface area (TPSA) is 21.1 Å². The van der Waals surface area contributed by atoms with Crippen LogP contribution in [0.4, 0.5) is 0 Å². The SMILES string of the molecule is CCC(CC)N(CCCl)Cc1ccn(C(CC)CC)n1. The third kappa shape index (κ3) is 4.78. The van der Waals surface area contributed by atoms with Crippen LogP contribution in [0.2, 0.25) is 0 Å². The van der Waals surface area contributed by atoms with Crippen LogP contribution in [0.3, 0.4) is 0 Å². The van der Waals surface area contributed by atoms with Crippen LogP contribution in [-0.4, -0.2) is 33.1 Å². The molecule has 0 radical (unpaired) electrons. The fourth-order valence-corrected chi connectivity index (χ4v) is 3.06. The molecule has 1 rings (SSSR count). The zero-order chi connectivity index (χ0) is 15.0. The van der Waals surface area contributed by atoms with Crippen molar-refractivity contribution in [3.05, 3.63) is 18.0 Å². The Balaban J connectivity index is 2.73. The second kappa shape index (κ2) is 9.41. The molecule has 0 aromatic carbocycles. The monoisotopic (exact) mass is 299 g/mol. The van der Waals surface area contributed by atoms with Crippen LogP contribution in [-0.2, 0) is 6.54 Å². The van der Waals surface area contributed by atoms with Crippen LogP contribution in [0.5, 0.6) is 0 Å². The summed E-state index contributed by atoms with van der Waals surface area (Å²) in [5, 5.41) is 4.76. The first-order chi connectivity index (χ1) is 9.69. The largest absolute Gasteiger partial charge is 0.293 e. The van der Waals surface area contributed by atoms with Gasteiger partial charge in [-0.25, -0.2) is 0 Å². The standard InChI is InChI=1S/C16H30ClN3/c1-5-15(6-2)19(12-10-17)13-14-9-11-20(18-14)16(7-3)8-4/h9,11,15-16H,5-8,10,12-13H2,1-4H3. The fraction of sp³-hybridized carbons (Fsp3) is 0.812. The van der Waals surface area contributed by atoms with Gasteiger partial charge in [0.05, 0.1) is 11.7 Å². The smallest absolute Gasteiger partial charge is 0.0765 e. The van der Waals surface area contributed by atoms with E-state index in [1.54, 1.807) is 0 Å². The van der Waals surface area contributed by atoms with E-state index in [9.17, 15) is 0 Å². The van der Waals surface area contributed by atoms with E-state index >= 15 is 0 Å². The molecule has 0 spiro atoms. The minimum atomic E-state index is 0.526. The normalized spacial score (nSPS) is 12.0. The van der Waals surface area contributed by atoms with Crippen molar-refractivity contribution >= 4 is 11.6 Å². The van der Waals surface area contributed by atoms with E-state index in [2.05, 4.69) is 49.5 Å². The van der Waals surface area contributed by atoms with Gasteiger partial charge in [0.15, 0.2) is 0 Å². The summed E-state index contributed by atoms with van der Waals surface area (Å²) >= 11 is 5.95. The van der Waals surface area contributed by atoms with Gasteiger partial charge in [-0.15, -0.1) is 11.6 Å². The van der Waals surface area contributed by atoms with Gasteiger partial charge in [0.1, 0.15) is 0 Å². The van der Waals surface area contributed by atoms with Crippen LogP contribution in [0.1, 0.15) is 65.1 Å². The number of aromatic nitrogens is 2. The maximum Gasteiger partial charge on any atom is 0.0765 e. The Bertz CT molecular complexity index is 356. The second-order valence-electron chi connectivity index (χ2n) is 5.39. The first-order valence-electron chi connectivity index (χ1n) is 8.03. The van der Waals surface area contributed by atoms with Gasteiger partial charge in [-0.1, -0.05) is 27.7 Å². The summed E-state index contributed by atoms with van der Waals surface area (Å²) in [6.07, 6.45) is 6.73. The summed E-state index contributed by atoms with van der Waals surface area (Å²) in [5.41, 5.74) is 1.16. The van der Waals surface area contributed by atoms with Crippen LogP contribution in [0, 0.1) is 0 Å². The molecular weight excluding hydrogens is 270 g/mol. The number of alkyl halides is 1. The van der Waals surface area contributed by atoms with Crippen molar-refractivity contribution in [3.63, 3.8) is 0 Å². The van der Waals surface area contributed by atoms with E-state index in [0.29, 0.717) is 18.0 Å². The Hall–Kier alpha value is -0.540. The van der Waals surface area contributed by atoms with Crippen molar-refractivity contribution in [2.75, 3.05) is 12.4 Å². The number of rotatable bonds is 10. The number of nitrogens with zero attached hydrogens (tertiary/aromatic N) is 3. The molecule has 1 heterocycles. The molecule has 1 aromatic rings. The van der Waals surface area contributed by atoms with E-state index in [0.717, 1.165) is 31.6 Å². The maximum absolute atomic E-state index is 5.95. The fourth-order valence-electron chi connectivity index (χ4n) is 2.84. The average Bonchev–Trinajstić information content (AvgIpc) is 2.90. The molecule has 0 fully saturated rings. The molecule has 3 nitrogen and oxygen atoms in total. The molecule has 0 bridgehead atoms. The van der Waals surface area contributed by atoms with Gasteiger partial charge in [0.2, 0.25) is 0 Å². The summed E-state index contributed by atoms with van der Waals surface area (Å²) in [7, 11) is 0. The summed E-state index contributed by atoms with van der Waals surface area (Å²) in [6, 6.07) is 3.28. The second-order valence-corrected chi connectivity index (χ2v) is 5.77. The highest BCUT2D eigenvalue weighted by Gasteiger charge is 2.16. The molecule has 20 heavy (non-hydrogen) atoms. The van der Waals surface area contributed by atoms with E-state index in [-0.39, 0.29) is 0 Å². The van der Waals surface area contributed by atoms with Gasteiger partial charge in [-0.05, 0) is 31.7 Å². The summed E-state index contributed by atoms with van der Waals surface area (Å²) < 4.78 is 2.13. The minimum Gasteiger partial charge on any atom is -0.293 e. The lowest BCUT2D eigenvalue weighted by molar-refractivity contribution is 0.185. The van der Waals surface area contributed by atoms with Crippen LogP contribution >= 0.6 is 11.6 Å². The van der Waals surface area contributed by atoms with Crippen molar-refractivity contribution in [1.82, 2.24) is 14.7 Å². The van der Waals surface area contributed by atoms with E-state index in [4.69, 9.17) is 16.7 Å². The number of hydrogen-bond acceptors (Lipinski definition) is 2. The highest BCUT2D eigenvalue weighted by atomic mass is 35.5. The van der Waals surface area contributed by atoms with Gasteiger partial charge in [0.25, 0.3) is 0 Å². The predicted molar refractivity (Wildman–Crippen MR) is 87.3 cm³/mol. The van der Waals surface area contributed by atoms with Crippen LogP contribution in [0.15, 0.2) is 12.3 Å². The van der Waals surface area contributed by atoms with Crippen LogP contribution < -0.4 is 0 Å². The zero-order valence-corrected chi connectivity index (χ0v) is 14.2. The van der Waals surface area contributed by atoms with Crippen molar-refractivity contribution < 1.29 is 0 Å². The highest BCUT2D eigenvalue weighted by molar-refractivity contribution is 6.18. The van der Waals surface area contributed by atoms with Crippen molar-refractivity contribution in [2.24, 2.45) is 0 Å². The molecule has 0 aliphatic rings. The molecule has 4 heteroatoms. The van der Waals surface area contributed by atoms with Crippen molar-refractivity contribution in [1.29, 1.82) is 0 Å². The first-order valence-corrected chi connectivity index (χ1v) is 8.57. The molecule has 0 saturated carbocycles. The molecule has 1 aromatic heterocycles. The van der Waals surface area contributed by atoms with Gasteiger partial charge in [-0.2, -0.15) is 5.10 Å². The molecular formula is C16H30ClN3. The molecule has 0 N–H and O–H groups in total. The lowest BCUT2D eigenvalue weighted by Crippen LogP contribution is -2.35. The Morgan fingerprint density at radius 1 is 1.15 bits per heavy atom. The Labute approximate surface area is 129 Å². The number of hydrogen-bond donors (Lipinski definition) is 0. The molecule has 0 atom stereocenters. The molecule has 0 aliphatic carbocycles. The first kappa shape index (κ1) is 17.5. The molecule has 0 unspecified atom stereocenters. The summed E-state index contributed by atoms with van der Waals surface area (Å²) in [4.78, 5) is 2.46. The van der Waals surface area contributed by atoms with Crippen LogP contribution in [0.25, 0.3) is 0 Å². The molecule has 0 saturated heterocycles. The van der Waals surface area contributed by atoms with Gasteiger partial charge < -0.3 is 0 Å². The lowest BCUT2D eigenvalue weighted by atomic mass is 10.1. The van der Waals surface area contributed by atoms with Gasteiger partial charge >= 0.3 is 0 Å². The van der Waals surface area contributed by atoms with Crippen molar-refractivity contribution in [3.8, 4) is 0 Å². The van der Waals surface area contributed by atoms with Gasteiger partial charge in [-0.3, -0.25) is 9.58 Å². The summed E-state index contributed by atoms with van der Waals surface area (Å²) in [5.74, 6) is 0.684. The Morgan fingerprint density at radius 2 is 1.80 bits per heavy atom. The quantitative estimate of drug-likeness (QED) is 0.594. The van der Waals surface area contributed by atoms with Crippen molar-refractivity contribution in [2.45, 2.75) is 72.0 Å². The Kier molecular flexibility index (Phi) is 8.24. The van der Waals surface area contributed by atoms with E-state index in [1.807, 2.05) is 0 Å².